The van der Waals surface area contributed by atoms with Gasteiger partial charge in [-0.25, -0.2) is 0 Å². The first-order valence-corrected chi connectivity index (χ1v) is 5.66. The summed E-state index contributed by atoms with van der Waals surface area (Å²) in [5.74, 6) is -0.0959. The topological polar surface area (TPSA) is 91.4 Å². The Hall–Kier alpha value is -1.40. The molecule has 1 heterocycles. The molecule has 6 nitrogen and oxygen atoms in total. The molecule has 0 spiro atoms. The highest BCUT2D eigenvalue weighted by Crippen LogP contribution is 2.12. The number of methoxy groups -OCH3 is 1. The van der Waals surface area contributed by atoms with Crippen LogP contribution in [0.2, 0.25) is 0 Å². The Morgan fingerprint density at radius 2 is 2.12 bits per heavy atom. The lowest BCUT2D eigenvalue weighted by atomic mass is 10.1. The molecule has 0 aliphatic carbocycles. The SMILES string of the molecule is CO/C(C(=O)C(C)N)=C(/C=N)N1CCNCC1. The Morgan fingerprint density at radius 3 is 2.53 bits per heavy atom. The Balaban J connectivity index is 2.99. The van der Waals surface area contributed by atoms with E-state index in [1.165, 1.54) is 7.11 Å². The monoisotopic (exact) mass is 240 g/mol. The van der Waals surface area contributed by atoms with Crippen LogP contribution in [0.5, 0.6) is 0 Å². The number of ketones is 1. The van der Waals surface area contributed by atoms with Crippen molar-refractivity contribution in [3.8, 4) is 0 Å². The van der Waals surface area contributed by atoms with Gasteiger partial charge in [-0.3, -0.25) is 4.79 Å². The number of piperazine rings is 1. The maximum atomic E-state index is 11.9. The van der Waals surface area contributed by atoms with Crippen LogP contribution in [0, 0.1) is 5.41 Å². The van der Waals surface area contributed by atoms with Gasteiger partial charge in [-0.15, -0.1) is 0 Å². The quantitative estimate of drug-likeness (QED) is 0.336. The minimum Gasteiger partial charge on any atom is -0.491 e. The maximum absolute atomic E-state index is 11.9. The highest BCUT2D eigenvalue weighted by molar-refractivity contribution is 6.01. The number of carbonyl (C=O) groups excluding carboxylic acids is 1. The van der Waals surface area contributed by atoms with E-state index in [2.05, 4.69) is 5.32 Å². The molecule has 0 saturated carbocycles. The average molecular weight is 240 g/mol. The van der Waals surface area contributed by atoms with E-state index in [4.69, 9.17) is 15.9 Å². The van der Waals surface area contributed by atoms with Crippen molar-refractivity contribution in [3.63, 3.8) is 0 Å². The molecule has 1 atom stereocenters. The summed E-state index contributed by atoms with van der Waals surface area (Å²) in [6.45, 7) is 4.79. The summed E-state index contributed by atoms with van der Waals surface area (Å²) in [4.78, 5) is 13.8. The molecule has 4 N–H and O–H groups in total. The molecule has 0 bridgehead atoms. The Kier molecular flexibility index (Phi) is 5.11. The zero-order valence-corrected chi connectivity index (χ0v) is 10.3. The van der Waals surface area contributed by atoms with E-state index < -0.39 is 6.04 Å². The third kappa shape index (κ3) is 3.28. The molecule has 1 aliphatic heterocycles. The largest absolute Gasteiger partial charge is 0.491 e. The maximum Gasteiger partial charge on any atom is 0.215 e. The van der Waals surface area contributed by atoms with Crippen LogP contribution in [0.3, 0.4) is 0 Å². The minimum atomic E-state index is -0.622. The summed E-state index contributed by atoms with van der Waals surface area (Å²) in [6.07, 6.45) is 1.16. The highest BCUT2D eigenvalue weighted by atomic mass is 16.5. The Morgan fingerprint density at radius 1 is 1.53 bits per heavy atom. The zero-order chi connectivity index (χ0) is 12.8. The van der Waals surface area contributed by atoms with Gasteiger partial charge in [0.1, 0.15) is 5.70 Å². The van der Waals surface area contributed by atoms with Crippen molar-refractivity contribution in [2.75, 3.05) is 33.3 Å². The zero-order valence-electron chi connectivity index (χ0n) is 10.3. The standard InChI is InChI=1S/C11H20N4O2/c1-8(13)10(16)11(17-2)9(7-12)15-5-3-14-4-6-15/h7-8,12,14H,3-6,13H2,1-2H3/b11-9-,12-7?. The van der Waals surface area contributed by atoms with Crippen LogP contribution in [0.25, 0.3) is 0 Å². The summed E-state index contributed by atoms with van der Waals surface area (Å²) < 4.78 is 5.12. The molecule has 1 aliphatic rings. The van der Waals surface area contributed by atoms with Crippen molar-refractivity contribution in [3.05, 3.63) is 11.5 Å². The Labute approximate surface area is 101 Å². The smallest absolute Gasteiger partial charge is 0.215 e. The van der Waals surface area contributed by atoms with Crippen LogP contribution in [0.4, 0.5) is 0 Å². The minimum absolute atomic E-state index is 0.178. The normalized spacial score (nSPS) is 19.4. The van der Waals surface area contributed by atoms with Gasteiger partial charge in [-0.05, 0) is 6.92 Å². The second kappa shape index (κ2) is 6.36. The molecular formula is C11H20N4O2. The summed E-state index contributed by atoms with van der Waals surface area (Å²) in [5, 5.41) is 10.7. The predicted molar refractivity (Wildman–Crippen MR) is 65.9 cm³/mol. The number of nitrogens with two attached hydrogens (primary N) is 1. The lowest BCUT2D eigenvalue weighted by Crippen LogP contribution is -2.44. The first kappa shape index (κ1) is 13.7. The van der Waals surface area contributed by atoms with Crippen molar-refractivity contribution in [2.45, 2.75) is 13.0 Å². The molecule has 0 aromatic heterocycles. The molecule has 0 aromatic carbocycles. The first-order chi connectivity index (χ1) is 8.11. The molecule has 1 fully saturated rings. The lowest BCUT2D eigenvalue weighted by molar-refractivity contribution is -0.119. The Bertz CT molecular complexity index is 319. The molecule has 0 amide bonds. The highest BCUT2D eigenvalue weighted by Gasteiger charge is 2.23. The number of ether oxygens (including phenoxy) is 1. The number of allylic oxidation sites excluding steroid dienone is 1. The van der Waals surface area contributed by atoms with Crippen molar-refractivity contribution in [1.29, 1.82) is 5.41 Å². The summed E-state index contributed by atoms with van der Waals surface area (Å²) in [5.41, 5.74) is 6.08. The molecule has 0 radical (unpaired) electrons. The van der Waals surface area contributed by atoms with Gasteiger partial charge in [-0.1, -0.05) is 0 Å². The summed E-state index contributed by atoms with van der Waals surface area (Å²) in [7, 11) is 1.43. The number of hydrogen-bond acceptors (Lipinski definition) is 6. The third-order valence-electron chi connectivity index (χ3n) is 2.67. The summed E-state index contributed by atoms with van der Waals surface area (Å²) >= 11 is 0. The van der Waals surface area contributed by atoms with E-state index in [1.807, 2.05) is 4.90 Å². The van der Waals surface area contributed by atoms with Gasteiger partial charge in [0, 0.05) is 32.4 Å². The first-order valence-electron chi connectivity index (χ1n) is 5.66. The predicted octanol–water partition coefficient (Wildman–Crippen LogP) is -0.685. The molecular weight excluding hydrogens is 220 g/mol. The number of hydrogen-bond donors (Lipinski definition) is 3. The van der Waals surface area contributed by atoms with Crippen LogP contribution in [-0.4, -0.2) is 56.2 Å². The van der Waals surface area contributed by atoms with Crippen LogP contribution in [-0.2, 0) is 9.53 Å². The van der Waals surface area contributed by atoms with Crippen molar-refractivity contribution < 1.29 is 9.53 Å². The van der Waals surface area contributed by atoms with Crippen molar-refractivity contribution in [2.24, 2.45) is 5.73 Å². The fourth-order valence-electron chi connectivity index (χ4n) is 1.74. The van der Waals surface area contributed by atoms with Crippen LogP contribution in [0.1, 0.15) is 6.92 Å². The fraction of sp³-hybridized carbons (Fsp3) is 0.636. The molecule has 96 valence electrons. The van der Waals surface area contributed by atoms with E-state index >= 15 is 0 Å². The number of nitrogens with zero attached hydrogens (tertiary/aromatic N) is 1. The van der Waals surface area contributed by atoms with Crippen molar-refractivity contribution in [1.82, 2.24) is 10.2 Å². The number of carbonyl (C=O) groups is 1. The van der Waals surface area contributed by atoms with Gasteiger partial charge in [0.25, 0.3) is 0 Å². The van der Waals surface area contributed by atoms with Gasteiger partial charge >= 0.3 is 0 Å². The van der Waals surface area contributed by atoms with Gasteiger partial charge in [0.2, 0.25) is 5.78 Å². The molecule has 1 unspecified atom stereocenters. The van der Waals surface area contributed by atoms with E-state index in [0.29, 0.717) is 5.70 Å². The van der Waals surface area contributed by atoms with Crippen LogP contribution in [0.15, 0.2) is 11.5 Å². The number of nitrogens with one attached hydrogen (secondary N) is 2. The van der Waals surface area contributed by atoms with Crippen LogP contribution >= 0.6 is 0 Å². The second-order valence-corrected chi connectivity index (χ2v) is 3.95. The summed E-state index contributed by atoms with van der Waals surface area (Å²) in [6, 6.07) is -0.622. The fourth-order valence-corrected chi connectivity index (χ4v) is 1.74. The van der Waals surface area contributed by atoms with E-state index in [1.54, 1.807) is 6.92 Å². The van der Waals surface area contributed by atoms with Gasteiger partial charge in [0.05, 0.1) is 13.2 Å². The van der Waals surface area contributed by atoms with Gasteiger partial charge in [0.15, 0.2) is 5.76 Å². The van der Waals surface area contributed by atoms with E-state index in [9.17, 15) is 4.79 Å². The van der Waals surface area contributed by atoms with Gasteiger partial charge in [-0.2, -0.15) is 0 Å². The molecule has 1 saturated heterocycles. The van der Waals surface area contributed by atoms with Gasteiger partial charge < -0.3 is 26.1 Å². The molecule has 1 rings (SSSR count). The van der Waals surface area contributed by atoms with Crippen molar-refractivity contribution >= 4 is 12.0 Å². The third-order valence-corrected chi connectivity index (χ3v) is 2.67. The van der Waals surface area contributed by atoms with Crippen LogP contribution < -0.4 is 11.1 Å². The molecule has 17 heavy (non-hydrogen) atoms. The second-order valence-electron chi connectivity index (χ2n) is 3.95. The molecule has 6 heteroatoms. The lowest BCUT2D eigenvalue weighted by Gasteiger charge is -2.30. The number of Topliss-reactive ketones (excluding diaryl/α,β-unsaturated/α-hetero) is 1. The molecule has 0 aromatic rings. The number of rotatable bonds is 5. The van der Waals surface area contributed by atoms with E-state index in [0.717, 1.165) is 32.4 Å². The average Bonchev–Trinajstić information content (AvgIpc) is 2.35. The van der Waals surface area contributed by atoms with E-state index in [-0.39, 0.29) is 11.5 Å².